The van der Waals surface area contributed by atoms with Crippen LogP contribution in [0, 0.1) is 0 Å². The van der Waals surface area contributed by atoms with Gasteiger partial charge in [0.1, 0.15) is 5.82 Å². The van der Waals surface area contributed by atoms with E-state index in [0.29, 0.717) is 5.82 Å². The first-order chi connectivity index (χ1) is 5.52. The topological polar surface area (TPSA) is 58.1 Å². The van der Waals surface area contributed by atoms with Crippen molar-refractivity contribution in [2.45, 2.75) is 0 Å². The highest BCUT2D eigenvalue weighted by atomic mass is 16.2. The van der Waals surface area contributed by atoms with E-state index >= 15 is 0 Å². The van der Waals surface area contributed by atoms with Crippen molar-refractivity contribution in [1.82, 2.24) is 9.55 Å². The molecule has 0 aliphatic carbocycles. The summed E-state index contributed by atoms with van der Waals surface area (Å²) in [6, 6.07) is 1.38. The summed E-state index contributed by atoms with van der Waals surface area (Å²) in [5.41, 5.74) is -0.770. The molecule has 0 saturated carbocycles. The molecule has 1 aromatic rings. The lowest BCUT2D eigenvalue weighted by molar-refractivity contribution is 0.780. The van der Waals surface area contributed by atoms with Gasteiger partial charge in [-0.2, -0.15) is 0 Å². The minimum Gasteiger partial charge on any atom is -0.364 e. The first-order valence-electron chi connectivity index (χ1n) is 3.50. The molecule has 0 bridgehead atoms. The molecule has 5 nitrogen and oxygen atoms in total. The van der Waals surface area contributed by atoms with Gasteiger partial charge in [-0.1, -0.05) is 0 Å². The van der Waals surface area contributed by atoms with Gasteiger partial charge in [0, 0.05) is 27.2 Å². The quantitative estimate of drug-likeness (QED) is 0.595. The smallest absolute Gasteiger partial charge is 0.329 e. The molecule has 66 valence electrons. The standard InChI is InChI=1S/C7H11N3O2/c1-9(2)6-4-5(11)8-7(12)10(6)3/h4H,1-3H3,(H,8,11,12). The van der Waals surface area contributed by atoms with Crippen molar-refractivity contribution in [1.29, 1.82) is 0 Å². The average Bonchev–Trinajstić information content (AvgIpc) is 1.96. The second-order valence-electron chi connectivity index (χ2n) is 2.75. The fourth-order valence-electron chi connectivity index (χ4n) is 0.973. The van der Waals surface area contributed by atoms with Gasteiger partial charge >= 0.3 is 5.69 Å². The van der Waals surface area contributed by atoms with Crippen LogP contribution in [0.3, 0.4) is 0 Å². The molecule has 0 amide bonds. The Kier molecular flexibility index (Phi) is 2.03. The molecule has 0 aromatic carbocycles. The highest BCUT2D eigenvalue weighted by Crippen LogP contribution is 2.00. The van der Waals surface area contributed by atoms with Crippen molar-refractivity contribution in [3.63, 3.8) is 0 Å². The van der Waals surface area contributed by atoms with Crippen LogP contribution < -0.4 is 16.1 Å². The molecular weight excluding hydrogens is 158 g/mol. The number of H-pyrrole nitrogens is 1. The second-order valence-corrected chi connectivity index (χ2v) is 2.75. The Hall–Kier alpha value is -1.52. The van der Waals surface area contributed by atoms with Crippen LogP contribution in [0.2, 0.25) is 0 Å². The Labute approximate surface area is 69.3 Å². The van der Waals surface area contributed by atoms with Gasteiger partial charge in [0.2, 0.25) is 0 Å². The average molecular weight is 169 g/mol. The molecule has 12 heavy (non-hydrogen) atoms. The Morgan fingerprint density at radius 2 is 2.00 bits per heavy atom. The summed E-state index contributed by atoms with van der Waals surface area (Å²) in [5.74, 6) is 0.587. The molecule has 0 spiro atoms. The molecule has 0 unspecified atom stereocenters. The zero-order valence-electron chi connectivity index (χ0n) is 7.29. The second kappa shape index (κ2) is 2.84. The molecule has 0 saturated heterocycles. The maximum absolute atomic E-state index is 11.0. The van der Waals surface area contributed by atoms with Crippen LogP contribution in [0.15, 0.2) is 15.7 Å². The maximum atomic E-state index is 11.0. The Balaban J connectivity index is 3.49. The molecule has 0 radical (unpaired) electrons. The number of aromatic nitrogens is 2. The van der Waals surface area contributed by atoms with E-state index in [1.165, 1.54) is 10.6 Å². The zero-order valence-corrected chi connectivity index (χ0v) is 7.29. The summed E-state index contributed by atoms with van der Waals surface area (Å²) < 4.78 is 1.38. The van der Waals surface area contributed by atoms with E-state index in [2.05, 4.69) is 4.98 Å². The van der Waals surface area contributed by atoms with E-state index in [1.807, 2.05) is 0 Å². The van der Waals surface area contributed by atoms with Crippen molar-refractivity contribution < 1.29 is 0 Å². The summed E-state index contributed by atoms with van der Waals surface area (Å²) in [4.78, 5) is 25.8. The van der Waals surface area contributed by atoms with Crippen LogP contribution in [-0.2, 0) is 7.05 Å². The zero-order chi connectivity index (χ0) is 9.30. The van der Waals surface area contributed by atoms with Gasteiger partial charge in [-0.05, 0) is 0 Å². The van der Waals surface area contributed by atoms with Crippen LogP contribution in [0.4, 0.5) is 5.82 Å². The Morgan fingerprint density at radius 1 is 1.42 bits per heavy atom. The highest BCUT2D eigenvalue weighted by molar-refractivity contribution is 5.35. The van der Waals surface area contributed by atoms with Gasteiger partial charge in [0.15, 0.2) is 0 Å². The number of nitrogens with one attached hydrogen (secondary N) is 1. The number of hydrogen-bond donors (Lipinski definition) is 1. The summed E-state index contributed by atoms with van der Waals surface area (Å²) in [6.45, 7) is 0. The number of aromatic amines is 1. The maximum Gasteiger partial charge on any atom is 0.329 e. The van der Waals surface area contributed by atoms with Gasteiger partial charge in [-0.15, -0.1) is 0 Å². The lowest BCUT2D eigenvalue weighted by Gasteiger charge is -2.14. The summed E-state index contributed by atoms with van der Waals surface area (Å²) in [7, 11) is 5.15. The van der Waals surface area contributed by atoms with Crippen molar-refractivity contribution in [2.75, 3.05) is 19.0 Å². The van der Waals surface area contributed by atoms with Gasteiger partial charge < -0.3 is 4.90 Å². The number of nitrogens with zero attached hydrogens (tertiary/aromatic N) is 2. The van der Waals surface area contributed by atoms with Crippen LogP contribution >= 0.6 is 0 Å². The van der Waals surface area contributed by atoms with Gasteiger partial charge in [-0.3, -0.25) is 14.3 Å². The molecular formula is C7H11N3O2. The summed E-state index contributed by atoms with van der Waals surface area (Å²) >= 11 is 0. The van der Waals surface area contributed by atoms with E-state index in [-0.39, 0.29) is 5.56 Å². The van der Waals surface area contributed by atoms with Crippen molar-refractivity contribution in [3.05, 3.63) is 26.9 Å². The van der Waals surface area contributed by atoms with Gasteiger partial charge in [0.25, 0.3) is 5.56 Å². The molecule has 5 heteroatoms. The van der Waals surface area contributed by atoms with Crippen LogP contribution in [0.1, 0.15) is 0 Å². The normalized spacial score (nSPS) is 9.92. The fraction of sp³-hybridized carbons (Fsp3) is 0.429. The van der Waals surface area contributed by atoms with E-state index in [0.717, 1.165) is 0 Å². The lowest BCUT2D eigenvalue weighted by Crippen LogP contribution is -2.31. The van der Waals surface area contributed by atoms with Gasteiger partial charge in [0.05, 0.1) is 0 Å². The largest absolute Gasteiger partial charge is 0.364 e. The van der Waals surface area contributed by atoms with Crippen LogP contribution in [-0.4, -0.2) is 23.6 Å². The first-order valence-corrected chi connectivity index (χ1v) is 3.50. The molecule has 1 heterocycles. The predicted molar refractivity (Wildman–Crippen MR) is 46.6 cm³/mol. The molecule has 1 rings (SSSR count). The Morgan fingerprint density at radius 3 is 2.50 bits per heavy atom. The molecule has 0 fully saturated rings. The first kappa shape index (κ1) is 8.58. The number of hydrogen-bond acceptors (Lipinski definition) is 3. The number of anilines is 1. The third-order valence-corrected chi connectivity index (χ3v) is 1.60. The van der Waals surface area contributed by atoms with Crippen LogP contribution in [0.5, 0.6) is 0 Å². The summed E-state index contributed by atoms with van der Waals surface area (Å²) in [6.07, 6.45) is 0. The van der Waals surface area contributed by atoms with Crippen molar-refractivity contribution in [2.24, 2.45) is 7.05 Å². The molecule has 1 aromatic heterocycles. The summed E-state index contributed by atoms with van der Waals surface area (Å²) in [5, 5.41) is 0. The molecule has 0 aliphatic heterocycles. The van der Waals surface area contributed by atoms with Gasteiger partial charge in [-0.25, -0.2) is 4.79 Å². The van der Waals surface area contributed by atoms with E-state index in [4.69, 9.17) is 0 Å². The molecule has 1 N–H and O–H groups in total. The van der Waals surface area contributed by atoms with Crippen molar-refractivity contribution >= 4 is 5.82 Å². The number of rotatable bonds is 1. The van der Waals surface area contributed by atoms with Crippen molar-refractivity contribution in [3.8, 4) is 0 Å². The predicted octanol–water partition coefficient (Wildman–Crippen LogP) is -0.860. The van der Waals surface area contributed by atoms with E-state index in [9.17, 15) is 9.59 Å². The molecule has 0 atom stereocenters. The lowest BCUT2D eigenvalue weighted by atomic mass is 10.5. The highest BCUT2D eigenvalue weighted by Gasteiger charge is 2.02. The SMILES string of the molecule is CN(C)c1cc(=O)[nH]c(=O)n1C. The third kappa shape index (κ3) is 1.39. The Bertz CT molecular complexity index is 388. The minimum absolute atomic E-state index is 0.373. The fourth-order valence-corrected chi connectivity index (χ4v) is 0.973. The van der Waals surface area contributed by atoms with Crippen LogP contribution in [0.25, 0.3) is 0 Å². The minimum atomic E-state index is -0.397. The monoisotopic (exact) mass is 169 g/mol. The third-order valence-electron chi connectivity index (χ3n) is 1.60. The van der Waals surface area contributed by atoms with E-state index < -0.39 is 5.69 Å². The van der Waals surface area contributed by atoms with E-state index in [1.54, 1.807) is 26.0 Å². The molecule has 0 aliphatic rings.